The largest absolute Gasteiger partial charge is 0.503 e. The van der Waals surface area contributed by atoms with Crippen molar-refractivity contribution in [3.63, 3.8) is 0 Å². The smallest absolute Gasteiger partial charge is 0.450 e. The van der Waals surface area contributed by atoms with Gasteiger partial charge in [-0.1, -0.05) is 0 Å². The van der Waals surface area contributed by atoms with Crippen LogP contribution in [0.15, 0.2) is 23.1 Å². The standard InChI is InChI=1S/C8H9O3S.CH2O3.ClH.Na/c1-2-7-4-3-5-8(6-7)12(9,10)11;2-1(3)4;;/h3,5-6H,2H2,1H3,(H,9,10,11);(H2,2,3,4);1H;. The van der Waals surface area contributed by atoms with Crippen LogP contribution in [-0.2, 0) is 16.5 Å². The number of aryl methyl sites for hydroxylation is 1. The third-order valence-electron chi connectivity index (χ3n) is 2.00. The van der Waals surface area contributed by atoms with Crippen molar-refractivity contribution in [2.24, 2.45) is 0 Å². The predicted octanol–water partition coefficient (Wildman–Crippen LogP) is 0.934. The summed E-state index contributed by atoms with van der Waals surface area (Å²) in [5, 5.41) is 13.9. The van der Waals surface area contributed by atoms with E-state index in [1.54, 1.807) is 6.07 Å². The molecule has 6 nitrogen and oxygen atoms in total. The average molecular weight is 307 g/mol. The predicted molar refractivity (Wildman–Crippen MR) is 68.9 cm³/mol. The molecule has 0 fully saturated rings. The van der Waals surface area contributed by atoms with E-state index in [1.165, 1.54) is 14.9 Å². The molecule has 0 aliphatic heterocycles. The van der Waals surface area contributed by atoms with Crippen LogP contribution < -0.4 is 2.81 Å². The van der Waals surface area contributed by atoms with Crippen LogP contribution in [0.4, 0.5) is 4.79 Å². The topological polar surface area (TPSA) is 112 Å². The number of carbonyl (C=O) groups is 1. The Morgan fingerprint density at radius 1 is 1.33 bits per heavy atom. The van der Waals surface area contributed by atoms with Crippen LogP contribution in [0.2, 0.25) is 0 Å². The van der Waals surface area contributed by atoms with E-state index in [-0.39, 0.29) is 17.3 Å². The summed E-state index contributed by atoms with van der Waals surface area (Å²) < 4.78 is 31.5. The first-order valence-corrected chi connectivity index (χ1v) is 7.11. The first-order valence-electron chi connectivity index (χ1n) is 4.67. The van der Waals surface area contributed by atoms with Crippen LogP contribution in [0, 0.1) is 0 Å². The van der Waals surface area contributed by atoms with Gasteiger partial charge in [0, 0.05) is 0 Å². The second kappa shape index (κ2) is 8.73. The molecule has 1 rings (SSSR count). The fourth-order valence-electron chi connectivity index (χ4n) is 1.19. The van der Waals surface area contributed by atoms with E-state index in [2.05, 4.69) is 0 Å². The number of carboxylic acid groups (broad SMARTS) is 2. The molecule has 0 spiro atoms. The molecule has 3 N–H and O–H groups in total. The maximum atomic E-state index is 10.8. The monoisotopic (exact) mass is 306 g/mol. The molecule has 18 heavy (non-hydrogen) atoms. The van der Waals surface area contributed by atoms with Gasteiger partial charge in [-0.3, -0.25) is 0 Å². The summed E-state index contributed by atoms with van der Waals surface area (Å²) in [5.41, 5.74) is 1.00. The Balaban J connectivity index is 0. The Hall–Kier alpha value is -0.310. The Morgan fingerprint density at radius 3 is 2.11 bits per heavy atom. The van der Waals surface area contributed by atoms with Gasteiger partial charge in [0.25, 0.3) is 0 Å². The van der Waals surface area contributed by atoms with Crippen molar-refractivity contribution in [1.82, 2.24) is 0 Å². The van der Waals surface area contributed by atoms with Gasteiger partial charge in [-0.05, 0) is 0 Å². The molecule has 9 heteroatoms. The van der Waals surface area contributed by atoms with E-state index in [9.17, 15) is 8.42 Å². The van der Waals surface area contributed by atoms with Crippen molar-refractivity contribution in [2.75, 3.05) is 0 Å². The van der Waals surface area contributed by atoms with E-state index in [0.717, 1.165) is 39.9 Å². The number of benzene rings is 1. The molecule has 0 unspecified atom stereocenters. The Labute approximate surface area is 129 Å². The average Bonchev–Trinajstić information content (AvgIpc) is 2.15. The quantitative estimate of drug-likeness (QED) is 0.553. The van der Waals surface area contributed by atoms with Gasteiger partial charge in [0.15, 0.2) is 0 Å². The van der Waals surface area contributed by atoms with Crippen molar-refractivity contribution in [3.8, 4) is 0 Å². The molecule has 0 amide bonds. The molecule has 1 aromatic rings. The molecule has 0 radical (unpaired) electrons. The van der Waals surface area contributed by atoms with Gasteiger partial charge in [0.2, 0.25) is 0 Å². The summed E-state index contributed by atoms with van der Waals surface area (Å²) >= 11 is 0.893. The second-order valence-corrected chi connectivity index (χ2v) is 5.70. The maximum absolute atomic E-state index is 10.8. The van der Waals surface area contributed by atoms with Crippen molar-refractivity contribution in [2.45, 2.75) is 18.2 Å². The molecule has 0 atom stereocenters. The minimum atomic E-state index is -4.04. The first-order chi connectivity index (χ1) is 7.68. The van der Waals surface area contributed by atoms with E-state index >= 15 is 0 Å². The number of hydrogen-bond acceptors (Lipinski definition) is 3. The third-order valence-corrected chi connectivity index (χ3v) is 3.82. The van der Waals surface area contributed by atoms with Crippen molar-refractivity contribution >= 4 is 59.4 Å². The molecule has 1 aromatic carbocycles. The van der Waals surface area contributed by atoms with E-state index < -0.39 is 16.3 Å². The molecule has 98 valence electrons. The Bertz CT molecular complexity index is 498. The minimum Gasteiger partial charge on any atom is -0.450 e. The van der Waals surface area contributed by atoms with Gasteiger partial charge >= 0.3 is 102 Å². The molecule has 0 aromatic heterocycles. The Morgan fingerprint density at radius 2 is 1.78 bits per heavy atom. The van der Waals surface area contributed by atoms with E-state index in [4.69, 9.17) is 19.6 Å². The first kappa shape index (κ1) is 20.0. The Kier molecular flexibility index (Phi) is 9.71. The van der Waals surface area contributed by atoms with E-state index in [1.807, 2.05) is 6.92 Å². The summed E-state index contributed by atoms with van der Waals surface area (Å²) in [6, 6.07) is 4.74. The third kappa shape index (κ3) is 7.91. The molecule has 0 bridgehead atoms. The van der Waals surface area contributed by atoms with Gasteiger partial charge in [-0.25, -0.2) is 4.79 Å². The van der Waals surface area contributed by atoms with Crippen LogP contribution in [0.5, 0.6) is 0 Å². The summed E-state index contributed by atoms with van der Waals surface area (Å²) in [7, 11) is -4.04. The van der Waals surface area contributed by atoms with Crippen LogP contribution in [0.25, 0.3) is 0 Å². The molecule has 0 heterocycles. The van der Waals surface area contributed by atoms with Gasteiger partial charge in [-0.15, -0.1) is 12.4 Å². The molecular formula is C9H12ClNaO6S. The van der Waals surface area contributed by atoms with Crippen LogP contribution in [0.1, 0.15) is 12.5 Å². The maximum Gasteiger partial charge on any atom is 0.503 e. The number of rotatable bonds is 2. The normalized spacial score (nSPS) is 9.78. The fourth-order valence-corrected chi connectivity index (χ4v) is 2.38. The van der Waals surface area contributed by atoms with Crippen LogP contribution >= 0.6 is 12.4 Å². The fraction of sp³-hybridized carbons (Fsp3) is 0.222. The molecule has 0 saturated heterocycles. The summed E-state index contributed by atoms with van der Waals surface area (Å²) in [6.45, 7) is 1.96. The minimum absolute atomic E-state index is 0. The zero-order chi connectivity index (χ0) is 13.6. The zero-order valence-electron chi connectivity index (χ0n) is 9.82. The summed E-state index contributed by atoms with van der Waals surface area (Å²) in [6.07, 6.45) is -1.04. The van der Waals surface area contributed by atoms with Crippen molar-refractivity contribution in [1.29, 1.82) is 0 Å². The van der Waals surface area contributed by atoms with E-state index in [0.29, 0.717) is 0 Å². The zero-order valence-corrected chi connectivity index (χ0v) is 13.5. The number of halogens is 1. The van der Waals surface area contributed by atoms with Crippen LogP contribution in [0.3, 0.4) is 0 Å². The van der Waals surface area contributed by atoms with Gasteiger partial charge in [-0.2, -0.15) is 0 Å². The van der Waals surface area contributed by atoms with Gasteiger partial charge in [0.05, 0.1) is 0 Å². The van der Waals surface area contributed by atoms with Crippen molar-refractivity contribution in [3.05, 3.63) is 23.8 Å². The molecule has 0 saturated carbocycles. The molecule has 0 aliphatic rings. The van der Waals surface area contributed by atoms with Gasteiger partial charge < -0.3 is 10.2 Å². The summed E-state index contributed by atoms with van der Waals surface area (Å²) in [4.78, 5) is 8.55. The number of hydrogen-bond donors (Lipinski definition) is 3. The second-order valence-electron chi connectivity index (χ2n) is 3.20. The van der Waals surface area contributed by atoms with Crippen molar-refractivity contribution < 1.29 is 28.0 Å². The SMILES string of the molecule is CCc1cc(S(=O)(=O)O)cc[c]1[Na].Cl.O=C(O)O. The van der Waals surface area contributed by atoms with Gasteiger partial charge in [0.1, 0.15) is 0 Å². The molecular weight excluding hydrogens is 295 g/mol. The summed E-state index contributed by atoms with van der Waals surface area (Å²) in [5.74, 6) is 0. The molecule has 0 aliphatic carbocycles. The van der Waals surface area contributed by atoms with Crippen LogP contribution in [-0.4, -0.2) is 57.3 Å².